The molecular weight excluding hydrogens is 897 g/mol. The maximum absolute atomic E-state index is 12.8. The van der Waals surface area contributed by atoms with Crippen LogP contribution in [-0.4, -0.2) is 76.1 Å². The molecule has 0 radical (unpaired) electrons. The van der Waals surface area contributed by atoms with Crippen LogP contribution in [0.25, 0.3) is 0 Å². The number of carbonyl (C=O) groups is 4. The summed E-state index contributed by atoms with van der Waals surface area (Å²) in [5.74, 6) is 0.492. The van der Waals surface area contributed by atoms with Gasteiger partial charge < -0.3 is 47.4 Å². The van der Waals surface area contributed by atoms with Gasteiger partial charge in [-0.1, -0.05) is 102 Å². The summed E-state index contributed by atoms with van der Waals surface area (Å²) in [5.41, 5.74) is 2.49. The van der Waals surface area contributed by atoms with Gasteiger partial charge in [0.2, 0.25) is 12.6 Å². The maximum Gasteiger partial charge on any atom is 0.343 e. The van der Waals surface area contributed by atoms with E-state index >= 15 is 0 Å². The first-order chi connectivity index (χ1) is 34.3. The van der Waals surface area contributed by atoms with Gasteiger partial charge in [0.25, 0.3) is 0 Å². The van der Waals surface area contributed by atoms with Crippen molar-refractivity contribution in [3.05, 3.63) is 145 Å². The van der Waals surface area contributed by atoms with Crippen molar-refractivity contribution in [2.75, 3.05) is 39.6 Å². The molecule has 1 aliphatic rings. The molecule has 14 nitrogen and oxygen atoms in total. The van der Waals surface area contributed by atoms with Crippen molar-refractivity contribution < 1.29 is 66.5 Å². The Kier molecular flexibility index (Phi) is 25.3. The molecule has 1 aliphatic heterocycles. The van der Waals surface area contributed by atoms with Crippen LogP contribution in [-0.2, 0) is 51.2 Å². The van der Waals surface area contributed by atoms with Crippen molar-refractivity contribution in [2.45, 2.75) is 116 Å². The molecule has 0 amide bonds. The highest BCUT2D eigenvalue weighted by Gasteiger charge is 2.29. The molecule has 1 heterocycles. The average molecular weight is 965 g/mol. The monoisotopic (exact) mass is 964 g/mol. The molecule has 1 saturated heterocycles. The SMILES string of the molecule is C=CC(=O)OCCCCCCCCCOc1ccc(C(=O)Oc2ccc(CO[C@H]3OCCO[C@@H]3OCc3ccc(OC(=O)c4ccc(OCCCCCCCCCOC(=O)C=C)cc4)cc3)cc2)cc1. The maximum atomic E-state index is 12.8. The summed E-state index contributed by atoms with van der Waals surface area (Å²) < 4.78 is 56.6. The summed E-state index contributed by atoms with van der Waals surface area (Å²) in [6.07, 6.45) is 15.4. The molecule has 0 spiro atoms. The quantitative estimate of drug-likeness (QED) is 0.0188. The molecule has 0 unspecified atom stereocenters. The Labute approximate surface area is 412 Å². The second-order valence-corrected chi connectivity index (χ2v) is 16.6. The molecule has 0 N–H and O–H groups in total. The van der Waals surface area contributed by atoms with Gasteiger partial charge >= 0.3 is 23.9 Å². The number of rotatable bonds is 34. The lowest BCUT2D eigenvalue weighted by Gasteiger charge is -2.31. The Morgan fingerprint density at radius 2 is 0.743 bits per heavy atom. The summed E-state index contributed by atoms with van der Waals surface area (Å²) in [5, 5.41) is 0. The number of hydrogen-bond acceptors (Lipinski definition) is 14. The third-order valence-corrected chi connectivity index (χ3v) is 11.1. The number of esters is 4. The van der Waals surface area contributed by atoms with E-state index in [9.17, 15) is 19.2 Å². The Morgan fingerprint density at radius 3 is 1.09 bits per heavy atom. The van der Waals surface area contributed by atoms with Crippen LogP contribution in [0.2, 0.25) is 0 Å². The van der Waals surface area contributed by atoms with E-state index in [1.54, 1.807) is 72.8 Å². The molecule has 0 aromatic heterocycles. The first kappa shape index (κ1) is 54.6. The average Bonchev–Trinajstić information content (AvgIpc) is 3.39. The highest BCUT2D eigenvalue weighted by Crippen LogP contribution is 2.23. The second-order valence-electron chi connectivity index (χ2n) is 16.6. The summed E-state index contributed by atoms with van der Waals surface area (Å²) in [6, 6.07) is 27.9. The number of hydrogen-bond donors (Lipinski definition) is 0. The Hall–Kier alpha value is -6.32. The molecule has 4 aromatic rings. The normalized spacial score (nSPS) is 14.2. The molecule has 2 atom stereocenters. The summed E-state index contributed by atoms with van der Waals surface area (Å²) in [6.45, 7) is 9.98. The van der Waals surface area contributed by atoms with Crippen molar-refractivity contribution in [1.29, 1.82) is 0 Å². The van der Waals surface area contributed by atoms with E-state index < -0.39 is 24.5 Å². The van der Waals surface area contributed by atoms with E-state index in [2.05, 4.69) is 13.2 Å². The van der Waals surface area contributed by atoms with Gasteiger partial charge in [-0.15, -0.1) is 0 Å². The van der Waals surface area contributed by atoms with E-state index in [0.717, 1.165) is 101 Å². The summed E-state index contributed by atoms with van der Waals surface area (Å²) >= 11 is 0. The third kappa shape index (κ3) is 21.5. The summed E-state index contributed by atoms with van der Waals surface area (Å²) in [7, 11) is 0. The molecule has 70 heavy (non-hydrogen) atoms. The highest BCUT2D eigenvalue weighted by molar-refractivity contribution is 5.91. The lowest BCUT2D eigenvalue weighted by atomic mass is 10.1. The number of carbonyl (C=O) groups excluding carboxylic acids is 4. The minimum absolute atomic E-state index is 0.206. The fourth-order valence-corrected chi connectivity index (χ4v) is 7.13. The Morgan fingerprint density at radius 1 is 0.429 bits per heavy atom. The molecule has 376 valence electrons. The standard InChI is InChI=1S/C56H68O14/c1-3-51(57)63-37-17-13-9-5-7-11-15-35-61-47-31-23-45(24-32-47)53(59)69-49-27-19-43(20-28-49)41-67-55-56(66-40-39-65-55)68-42-44-21-29-50(30-22-44)70-54(60)46-25-33-48(34-26-46)62-36-16-12-8-6-10-14-18-38-64-52(58)4-2/h3-4,19-34,55-56H,1-2,5-18,35-42H2/t55-,56-/m1/s1. The zero-order chi connectivity index (χ0) is 49.4. The molecule has 1 fully saturated rings. The first-order valence-corrected chi connectivity index (χ1v) is 24.4. The molecule has 0 saturated carbocycles. The third-order valence-electron chi connectivity index (χ3n) is 11.1. The number of ether oxygens (including phenoxy) is 10. The molecule has 0 aliphatic carbocycles. The van der Waals surface area contributed by atoms with Crippen molar-refractivity contribution >= 4 is 23.9 Å². The van der Waals surface area contributed by atoms with Gasteiger partial charge in [-0.2, -0.15) is 0 Å². The fourth-order valence-electron chi connectivity index (χ4n) is 7.13. The largest absolute Gasteiger partial charge is 0.494 e. The van der Waals surface area contributed by atoms with Crippen molar-refractivity contribution in [1.82, 2.24) is 0 Å². The van der Waals surface area contributed by atoms with Crippen LogP contribution in [0.1, 0.15) is 122 Å². The predicted octanol–water partition coefficient (Wildman–Crippen LogP) is 11.2. The number of benzene rings is 4. The highest BCUT2D eigenvalue weighted by atomic mass is 16.8. The van der Waals surface area contributed by atoms with Gasteiger partial charge in [-0.25, -0.2) is 19.2 Å². The van der Waals surface area contributed by atoms with E-state index in [0.29, 0.717) is 73.8 Å². The Bertz CT molecular complexity index is 2000. The predicted molar refractivity (Wildman–Crippen MR) is 263 cm³/mol. The van der Waals surface area contributed by atoms with Crippen LogP contribution in [0.3, 0.4) is 0 Å². The van der Waals surface area contributed by atoms with Crippen LogP contribution >= 0.6 is 0 Å². The number of unbranched alkanes of at least 4 members (excludes halogenated alkanes) is 12. The van der Waals surface area contributed by atoms with Gasteiger partial charge in [-0.3, -0.25) is 0 Å². The van der Waals surface area contributed by atoms with Crippen molar-refractivity contribution in [2.24, 2.45) is 0 Å². The first-order valence-electron chi connectivity index (χ1n) is 24.4. The van der Waals surface area contributed by atoms with Gasteiger partial charge in [0.15, 0.2) is 0 Å². The molecular formula is C56H68O14. The van der Waals surface area contributed by atoms with E-state index in [1.165, 1.54) is 12.2 Å². The smallest absolute Gasteiger partial charge is 0.343 e. The lowest BCUT2D eigenvalue weighted by molar-refractivity contribution is -0.326. The van der Waals surface area contributed by atoms with Crippen LogP contribution < -0.4 is 18.9 Å². The fraction of sp³-hybridized carbons (Fsp3) is 0.429. The van der Waals surface area contributed by atoms with E-state index in [1.807, 2.05) is 24.3 Å². The van der Waals surface area contributed by atoms with E-state index in [4.69, 9.17) is 47.4 Å². The molecule has 5 rings (SSSR count). The van der Waals surface area contributed by atoms with Crippen molar-refractivity contribution in [3.63, 3.8) is 0 Å². The van der Waals surface area contributed by atoms with Gasteiger partial charge in [0.1, 0.15) is 23.0 Å². The van der Waals surface area contributed by atoms with Crippen molar-refractivity contribution in [3.8, 4) is 23.0 Å². The van der Waals surface area contributed by atoms with Crippen LogP contribution in [0, 0.1) is 0 Å². The van der Waals surface area contributed by atoms with Gasteiger partial charge in [0.05, 0.1) is 64.0 Å². The minimum Gasteiger partial charge on any atom is -0.494 e. The van der Waals surface area contributed by atoms with Gasteiger partial charge in [0, 0.05) is 12.2 Å². The van der Waals surface area contributed by atoms with E-state index in [-0.39, 0.29) is 25.2 Å². The molecule has 0 bridgehead atoms. The molecule has 14 heteroatoms. The zero-order valence-electron chi connectivity index (χ0n) is 40.2. The molecule has 4 aromatic carbocycles. The Balaban J connectivity index is 0.918. The topological polar surface area (TPSA) is 161 Å². The zero-order valence-corrected chi connectivity index (χ0v) is 40.2. The lowest BCUT2D eigenvalue weighted by Crippen LogP contribution is -2.41. The summed E-state index contributed by atoms with van der Waals surface area (Å²) in [4.78, 5) is 47.8. The second kappa shape index (κ2) is 32.5. The minimum atomic E-state index is -0.769. The van der Waals surface area contributed by atoms with Crippen LogP contribution in [0.15, 0.2) is 122 Å². The van der Waals surface area contributed by atoms with Gasteiger partial charge in [-0.05, 0) is 110 Å². The van der Waals surface area contributed by atoms with Crippen LogP contribution in [0.5, 0.6) is 23.0 Å². The van der Waals surface area contributed by atoms with Crippen LogP contribution in [0.4, 0.5) is 0 Å².